The summed E-state index contributed by atoms with van der Waals surface area (Å²) >= 11 is 0. The number of oxime groups is 1. The van der Waals surface area contributed by atoms with Crippen LogP contribution in [0.5, 0.6) is 0 Å². The minimum absolute atomic E-state index is 0.381. The Morgan fingerprint density at radius 3 is 2.23 bits per heavy atom. The first-order valence-electron chi connectivity index (χ1n) is 7.91. The molecule has 26 heavy (non-hydrogen) atoms. The summed E-state index contributed by atoms with van der Waals surface area (Å²) in [6.07, 6.45) is 2.73. The van der Waals surface area contributed by atoms with Gasteiger partial charge in [-0.25, -0.2) is 9.18 Å². The first-order valence-corrected chi connectivity index (χ1v) is 7.91. The van der Waals surface area contributed by atoms with Crippen LogP contribution in [0, 0.1) is 5.82 Å². The van der Waals surface area contributed by atoms with Gasteiger partial charge in [0.2, 0.25) is 0 Å². The Morgan fingerprint density at radius 1 is 0.962 bits per heavy atom. The molecule has 2 aromatic carbocycles. The second-order valence-electron chi connectivity index (χ2n) is 5.50. The SMILES string of the molecule is C/C(=N/OC(=O)Nc1ccc(F)cc1)c1ccc(-c2ccncc2)cc1. The van der Waals surface area contributed by atoms with Crippen molar-refractivity contribution in [3.63, 3.8) is 0 Å². The normalized spacial score (nSPS) is 11.1. The average molecular weight is 349 g/mol. The van der Waals surface area contributed by atoms with Gasteiger partial charge in [0.25, 0.3) is 0 Å². The number of hydrogen-bond donors (Lipinski definition) is 1. The molecule has 6 heteroatoms. The average Bonchev–Trinajstić information content (AvgIpc) is 2.69. The zero-order valence-corrected chi connectivity index (χ0v) is 14.0. The lowest BCUT2D eigenvalue weighted by atomic mass is 10.0. The topological polar surface area (TPSA) is 63.6 Å². The number of hydrogen-bond acceptors (Lipinski definition) is 4. The van der Waals surface area contributed by atoms with Crippen molar-refractivity contribution >= 4 is 17.5 Å². The monoisotopic (exact) mass is 349 g/mol. The molecule has 0 spiro atoms. The molecule has 0 bridgehead atoms. The van der Waals surface area contributed by atoms with Crippen molar-refractivity contribution in [2.24, 2.45) is 5.16 Å². The molecule has 0 saturated heterocycles. The number of carbonyl (C=O) groups excluding carboxylic acids is 1. The second kappa shape index (κ2) is 8.02. The summed E-state index contributed by atoms with van der Waals surface area (Å²) < 4.78 is 12.8. The van der Waals surface area contributed by atoms with Crippen LogP contribution in [0.15, 0.2) is 78.2 Å². The van der Waals surface area contributed by atoms with Crippen molar-refractivity contribution in [2.45, 2.75) is 6.92 Å². The first kappa shape index (κ1) is 17.3. The predicted molar refractivity (Wildman–Crippen MR) is 98.4 cm³/mol. The van der Waals surface area contributed by atoms with Gasteiger partial charge in [0.1, 0.15) is 5.82 Å². The Labute approximate surface area is 150 Å². The van der Waals surface area contributed by atoms with Gasteiger partial charge in [0, 0.05) is 18.1 Å². The summed E-state index contributed by atoms with van der Waals surface area (Å²) in [5.41, 5.74) is 3.93. The summed E-state index contributed by atoms with van der Waals surface area (Å²) in [5.74, 6) is -0.381. The summed E-state index contributed by atoms with van der Waals surface area (Å²) in [7, 11) is 0. The number of nitrogens with one attached hydrogen (secondary N) is 1. The van der Waals surface area contributed by atoms with Crippen molar-refractivity contribution < 1.29 is 14.0 Å². The van der Waals surface area contributed by atoms with Gasteiger partial charge in [-0.3, -0.25) is 15.1 Å². The third kappa shape index (κ3) is 4.51. The largest absolute Gasteiger partial charge is 0.437 e. The van der Waals surface area contributed by atoms with E-state index in [0.717, 1.165) is 16.7 Å². The van der Waals surface area contributed by atoms with Gasteiger partial charge >= 0.3 is 6.09 Å². The molecule has 0 fully saturated rings. The van der Waals surface area contributed by atoms with E-state index in [1.165, 1.54) is 24.3 Å². The Bertz CT molecular complexity index is 908. The van der Waals surface area contributed by atoms with E-state index in [4.69, 9.17) is 4.84 Å². The number of pyridine rings is 1. The lowest BCUT2D eigenvalue weighted by Gasteiger charge is -2.05. The molecule has 1 N–H and O–H groups in total. The van der Waals surface area contributed by atoms with Gasteiger partial charge in [-0.2, -0.15) is 0 Å². The number of benzene rings is 2. The van der Waals surface area contributed by atoms with Gasteiger partial charge in [-0.05, 0) is 60.0 Å². The molecule has 0 radical (unpaired) electrons. The van der Waals surface area contributed by atoms with E-state index in [1.807, 2.05) is 36.4 Å². The molecule has 0 aliphatic heterocycles. The summed E-state index contributed by atoms with van der Waals surface area (Å²) in [6.45, 7) is 1.74. The summed E-state index contributed by atoms with van der Waals surface area (Å²) in [6, 6.07) is 16.9. The molecule has 1 amide bonds. The molecule has 0 aliphatic carbocycles. The lowest BCUT2D eigenvalue weighted by Crippen LogP contribution is -2.11. The van der Waals surface area contributed by atoms with Gasteiger partial charge in [-0.1, -0.05) is 29.4 Å². The van der Waals surface area contributed by atoms with Crippen molar-refractivity contribution in [1.29, 1.82) is 0 Å². The van der Waals surface area contributed by atoms with E-state index in [-0.39, 0.29) is 5.82 Å². The Balaban J connectivity index is 1.62. The van der Waals surface area contributed by atoms with E-state index < -0.39 is 6.09 Å². The highest BCUT2D eigenvalue weighted by molar-refractivity contribution is 5.99. The Kier molecular flexibility index (Phi) is 5.34. The second-order valence-corrected chi connectivity index (χ2v) is 5.50. The number of aromatic nitrogens is 1. The molecule has 3 aromatic rings. The zero-order valence-electron chi connectivity index (χ0n) is 14.0. The molecule has 0 aliphatic rings. The van der Waals surface area contributed by atoms with Crippen LogP contribution >= 0.6 is 0 Å². The first-order chi connectivity index (χ1) is 12.6. The molecule has 0 unspecified atom stereocenters. The number of amides is 1. The van der Waals surface area contributed by atoms with Gasteiger partial charge in [-0.15, -0.1) is 0 Å². The molecule has 5 nitrogen and oxygen atoms in total. The van der Waals surface area contributed by atoms with Crippen LogP contribution in [0.25, 0.3) is 11.1 Å². The van der Waals surface area contributed by atoms with Crippen LogP contribution in [0.1, 0.15) is 12.5 Å². The van der Waals surface area contributed by atoms with E-state index in [0.29, 0.717) is 11.4 Å². The molecular weight excluding hydrogens is 333 g/mol. The smallest absolute Gasteiger partial charge is 0.298 e. The minimum Gasteiger partial charge on any atom is -0.298 e. The fourth-order valence-corrected chi connectivity index (χ4v) is 2.28. The Hall–Kier alpha value is -3.54. The van der Waals surface area contributed by atoms with Crippen LogP contribution in [0.2, 0.25) is 0 Å². The van der Waals surface area contributed by atoms with Crippen molar-refractivity contribution in [3.8, 4) is 11.1 Å². The van der Waals surface area contributed by atoms with Gasteiger partial charge in [0.05, 0.1) is 5.71 Å². The van der Waals surface area contributed by atoms with Crippen LogP contribution in [0.4, 0.5) is 14.9 Å². The molecular formula is C20H16FN3O2. The number of halogens is 1. The molecule has 1 heterocycles. The maximum atomic E-state index is 12.8. The number of nitrogens with zero attached hydrogens (tertiary/aromatic N) is 2. The molecule has 0 saturated carbocycles. The number of anilines is 1. The minimum atomic E-state index is -0.746. The summed E-state index contributed by atoms with van der Waals surface area (Å²) in [4.78, 5) is 20.6. The van der Waals surface area contributed by atoms with Gasteiger partial charge in [0.15, 0.2) is 0 Å². The van der Waals surface area contributed by atoms with Crippen LogP contribution < -0.4 is 5.32 Å². The fourth-order valence-electron chi connectivity index (χ4n) is 2.28. The molecule has 3 rings (SSSR count). The lowest BCUT2D eigenvalue weighted by molar-refractivity contribution is 0.166. The van der Waals surface area contributed by atoms with E-state index in [9.17, 15) is 9.18 Å². The maximum absolute atomic E-state index is 12.8. The fraction of sp³-hybridized carbons (Fsp3) is 0.0500. The van der Waals surface area contributed by atoms with Crippen molar-refractivity contribution in [3.05, 3.63) is 84.4 Å². The zero-order chi connectivity index (χ0) is 18.4. The predicted octanol–water partition coefficient (Wildman–Crippen LogP) is 4.86. The standard InChI is InChI=1S/C20H16FN3O2/c1-14(24-26-20(25)23-19-8-6-18(21)7-9-19)15-2-4-16(5-3-15)17-10-12-22-13-11-17/h2-13H,1H3,(H,23,25)/b24-14-. The van der Waals surface area contributed by atoms with E-state index >= 15 is 0 Å². The third-order valence-electron chi connectivity index (χ3n) is 3.67. The molecule has 0 atom stereocenters. The highest BCUT2D eigenvalue weighted by Gasteiger charge is 2.05. The number of rotatable bonds is 4. The van der Waals surface area contributed by atoms with Crippen LogP contribution in [0.3, 0.4) is 0 Å². The third-order valence-corrected chi connectivity index (χ3v) is 3.67. The van der Waals surface area contributed by atoms with Crippen molar-refractivity contribution in [1.82, 2.24) is 4.98 Å². The quantitative estimate of drug-likeness (QED) is 0.416. The van der Waals surface area contributed by atoms with Crippen LogP contribution in [-0.2, 0) is 4.84 Å². The molecule has 130 valence electrons. The molecule has 1 aromatic heterocycles. The van der Waals surface area contributed by atoms with Crippen molar-refractivity contribution in [2.75, 3.05) is 5.32 Å². The Morgan fingerprint density at radius 2 is 1.58 bits per heavy atom. The number of carbonyl (C=O) groups is 1. The maximum Gasteiger partial charge on any atom is 0.437 e. The van der Waals surface area contributed by atoms with Crippen LogP contribution in [-0.4, -0.2) is 16.8 Å². The van der Waals surface area contributed by atoms with E-state index in [1.54, 1.807) is 19.3 Å². The van der Waals surface area contributed by atoms with Gasteiger partial charge < -0.3 is 0 Å². The van der Waals surface area contributed by atoms with E-state index in [2.05, 4.69) is 15.5 Å². The summed E-state index contributed by atoms with van der Waals surface area (Å²) in [5, 5.41) is 6.30. The highest BCUT2D eigenvalue weighted by Crippen LogP contribution is 2.19. The highest BCUT2D eigenvalue weighted by atomic mass is 19.1.